The topological polar surface area (TPSA) is 78.6 Å². The number of phenols is 1. The lowest BCUT2D eigenvalue weighted by Crippen LogP contribution is -2.58. The average molecular weight is 386 g/mol. The summed E-state index contributed by atoms with van der Waals surface area (Å²) in [6, 6.07) is 8.55. The van der Waals surface area contributed by atoms with Crippen LogP contribution >= 0.6 is 11.8 Å². The fourth-order valence-electron chi connectivity index (χ4n) is 5.41. The van der Waals surface area contributed by atoms with Crippen molar-refractivity contribution in [2.45, 2.75) is 49.1 Å². The Bertz CT molecular complexity index is 765. The predicted molar refractivity (Wildman–Crippen MR) is 108 cm³/mol. The maximum absolute atomic E-state index is 12.7. The third kappa shape index (κ3) is 3.18. The molecule has 5 rings (SSSR count). The Kier molecular flexibility index (Phi) is 4.45. The molecule has 3 fully saturated rings. The van der Waals surface area contributed by atoms with Gasteiger partial charge in [-0.15, -0.1) is 11.8 Å². The van der Waals surface area contributed by atoms with Crippen LogP contribution in [0.4, 0.5) is 0 Å². The quantitative estimate of drug-likeness (QED) is 0.727. The van der Waals surface area contributed by atoms with Gasteiger partial charge in [0.2, 0.25) is 5.91 Å². The molecule has 6 heteroatoms. The highest BCUT2D eigenvalue weighted by Crippen LogP contribution is 2.51. The Morgan fingerprint density at radius 2 is 2.00 bits per heavy atom. The second-order valence-corrected chi connectivity index (χ2v) is 9.67. The summed E-state index contributed by atoms with van der Waals surface area (Å²) in [4.78, 5) is 16.5. The van der Waals surface area contributed by atoms with Crippen LogP contribution in [-0.2, 0) is 4.79 Å². The summed E-state index contributed by atoms with van der Waals surface area (Å²) in [6.45, 7) is 2.14. The van der Waals surface area contributed by atoms with Crippen molar-refractivity contribution in [1.29, 1.82) is 0 Å². The minimum atomic E-state index is -0.0189. The van der Waals surface area contributed by atoms with Crippen LogP contribution in [0, 0.1) is 11.8 Å². The van der Waals surface area contributed by atoms with Crippen molar-refractivity contribution in [1.82, 2.24) is 10.2 Å². The van der Waals surface area contributed by atoms with E-state index < -0.39 is 0 Å². The molecule has 0 spiro atoms. The maximum atomic E-state index is 12.7. The lowest BCUT2D eigenvalue weighted by molar-refractivity contribution is -0.125. The fraction of sp³-hybridized carbons (Fsp3) is 0.571. The number of carbonyl (C=O) groups excluding carboxylic acids is 1. The summed E-state index contributed by atoms with van der Waals surface area (Å²) in [5.74, 6) is 1.27. The van der Waals surface area contributed by atoms with E-state index in [1.54, 1.807) is 23.9 Å². The molecule has 144 valence electrons. The number of phenolic OH excluding ortho intramolecular Hbond substituents is 1. The molecule has 6 atom stereocenters. The van der Waals surface area contributed by atoms with Gasteiger partial charge in [-0.25, -0.2) is 0 Å². The van der Waals surface area contributed by atoms with Gasteiger partial charge in [0.25, 0.3) is 0 Å². The number of likely N-dealkylation sites (tertiary alicyclic amines) is 1. The van der Waals surface area contributed by atoms with Crippen LogP contribution in [0.25, 0.3) is 4.91 Å². The monoisotopic (exact) mass is 385 g/mol. The fourth-order valence-corrected chi connectivity index (χ4v) is 6.81. The van der Waals surface area contributed by atoms with E-state index >= 15 is 0 Å². The normalized spacial score (nSPS) is 38.9. The van der Waals surface area contributed by atoms with Gasteiger partial charge in [-0.1, -0.05) is 18.2 Å². The summed E-state index contributed by atoms with van der Waals surface area (Å²) in [7, 11) is 0. The number of carbonyl (C=O) groups is 1. The van der Waals surface area contributed by atoms with E-state index in [9.17, 15) is 9.90 Å². The molecule has 1 saturated carbocycles. The molecular formula is C21H27N3O2S. The van der Waals surface area contributed by atoms with E-state index in [0.717, 1.165) is 44.3 Å². The van der Waals surface area contributed by atoms with Gasteiger partial charge >= 0.3 is 0 Å². The predicted octanol–water partition coefficient (Wildman–Crippen LogP) is 2.16. The van der Waals surface area contributed by atoms with Gasteiger partial charge in [-0.05, 0) is 49.3 Å². The number of benzene rings is 1. The van der Waals surface area contributed by atoms with Crippen LogP contribution in [0.15, 0.2) is 30.3 Å². The number of amides is 1. The Morgan fingerprint density at radius 1 is 1.19 bits per heavy atom. The van der Waals surface area contributed by atoms with Gasteiger partial charge in [0.15, 0.2) is 0 Å². The number of piperidine rings is 1. The highest BCUT2D eigenvalue weighted by atomic mass is 32.2. The van der Waals surface area contributed by atoms with Gasteiger partial charge in [0.05, 0.1) is 5.25 Å². The molecular weight excluding hydrogens is 358 g/mol. The number of hydrogen-bond acceptors (Lipinski definition) is 5. The van der Waals surface area contributed by atoms with Crippen molar-refractivity contribution >= 4 is 22.6 Å². The molecule has 27 heavy (non-hydrogen) atoms. The minimum Gasteiger partial charge on any atom is -0.508 e. The van der Waals surface area contributed by atoms with Crippen LogP contribution in [0.2, 0.25) is 0 Å². The van der Waals surface area contributed by atoms with E-state index in [1.165, 1.54) is 4.91 Å². The number of aromatic hydroxyl groups is 1. The van der Waals surface area contributed by atoms with Crippen molar-refractivity contribution in [2.24, 2.45) is 17.6 Å². The zero-order valence-corrected chi connectivity index (χ0v) is 16.2. The number of fused-ring (bicyclic) bond motifs is 3. The molecule has 3 aliphatic heterocycles. The molecule has 3 heterocycles. The molecule has 0 aromatic heterocycles. The lowest BCUT2D eigenvalue weighted by atomic mass is 9.70. The van der Waals surface area contributed by atoms with Crippen LogP contribution in [-0.4, -0.2) is 52.4 Å². The smallest absolute Gasteiger partial charge is 0.234 e. The number of rotatable bonds is 2. The first-order valence-electron chi connectivity index (χ1n) is 10.1. The van der Waals surface area contributed by atoms with E-state index in [0.29, 0.717) is 30.0 Å². The number of nitrogens with one attached hydrogen (secondary N) is 1. The second kappa shape index (κ2) is 6.83. The van der Waals surface area contributed by atoms with Crippen molar-refractivity contribution < 1.29 is 9.90 Å². The van der Waals surface area contributed by atoms with Crippen molar-refractivity contribution in [3.63, 3.8) is 0 Å². The van der Waals surface area contributed by atoms with Crippen LogP contribution in [0.5, 0.6) is 5.75 Å². The van der Waals surface area contributed by atoms with E-state index in [1.807, 2.05) is 12.1 Å². The molecule has 2 saturated heterocycles. The Morgan fingerprint density at radius 3 is 2.74 bits per heavy atom. The largest absolute Gasteiger partial charge is 0.508 e. The summed E-state index contributed by atoms with van der Waals surface area (Å²) in [6.07, 6.45) is 6.82. The first-order valence-corrected chi connectivity index (χ1v) is 10.9. The van der Waals surface area contributed by atoms with Crippen molar-refractivity contribution in [3.8, 4) is 5.75 Å². The molecule has 1 aromatic carbocycles. The maximum Gasteiger partial charge on any atom is 0.234 e. The van der Waals surface area contributed by atoms with Gasteiger partial charge in [0, 0.05) is 42.0 Å². The van der Waals surface area contributed by atoms with Crippen LogP contribution in [0.1, 0.15) is 31.2 Å². The second-order valence-electron chi connectivity index (χ2n) is 8.48. The van der Waals surface area contributed by atoms with E-state index in [4.69, 9.17) is 5.73 Å². The molecule has 0 radical (unpaired) electrons. The van der Waals surface area contributed by atoms with Gasteiger partial charge < -0.3 is 16.2 Å². The standard InChI is InChI=1S/C21H27N3O2S/c22-13-7-8-24(11-13)14-3-6-18-16(9-14)17-10-19(27-20(17)21(26)23-18)12-1-4-15(25)5-2-12/h1-2,4-5,10,13-14,16-18,20,25H,3,6-9,11,22H2,(H,23,26)/t13-,14?,16?,17?,18?,20?/m0/s1. The zero-order chi connectivity index (χ0) is 18.5. The molecule has 4 N–H and O–H groups in total. The van der Waals surface area contributed by atoms with Gasteiger partial charge in [-0.3, -0.25) is 9.69 Å². The summed E-state index contributed by atoms with van der Waals surface area (Å²) < 4.78 is 0. The summed E-state index contributed by atoms with van der Waals surface area (Å²) in [5, 5.41) is 12.8. The first kappa shape index (κ1) is 17.6. The first-order chi connectivity index (χ1) is 13.1. The molecule has 0 bridgehead atoms. The van der Waals surface area contributed by atoms with E-state index in [-0.39, 0.29) is 16.9 Å². The molecule has 1 amide bonds. The van der Waals surface area contributed by atoms with Crippen molar-refractivity contribution in [3.05, 3.63) is 35.9 Å². The lowest BCUT2D eigenvalue weighted by Gasteiger charge is -2.46. The Hall–Kier alpha value is -1.50. The zero-order valence-electron chi connectivity index (χ0n) is 15.4. The summed E-state index contributed by atoms with van der Waals surface area (Å²) in [5.41, 5.74) is 7.22. The molecule has 4 aliphatic rings. The molecule has 1 aliphatic carbocycles. The SMILES string of the molecule is N[C@H]1CCN(C2CCC3NC(=O)C4SC(c5ccc(O)cc5)=CC4C3C2)C1. The molecule has 1 aromatic rings. The number of allylic oxidation sites excluding steroid dienone is 1. The third-order valence-corrected chi connectivity index (χ3v) is 8.23. The van der Waals surface area contributed by atoms with E-state index in [2.05, 4.69) is 16.3 Å². The van der Waals surface area contributed by atoms with Crippen molar-refractivity contribution in [2.75, 3.05) is 13.1 Å². The number of hydrogen-bond donors (Lipinski definition) is 3. The molecule has 5 nitrogen and oxygen atoms in total. The average Bonchev–Trinajstić information content (AvgIpc) is 3.29. The Labute approximate surface area is 164 Å². The highest BCUT2D eigenvalue weighted by Gasteiger charge is 2.49. The van der Waals surface area contributed by atoms with Crippen LogP contribution in [0.3, 0.4) is 0 Å². The van der Waals surface area contributed by atoms with Gasteiger partial charge in [-0.2, -0.15) is 0 Å². The number of nitrogens with two attached hydrogens (primary N) is 1. The molecule has 5 unspecified atom stereocenters. The number of nitrogens with zero attached hydrogens (tertiary/aromatic N) is 1. The van der Waals surface area contributed by atoms with Gasteiger partial charge in [0.1, 0.15) is 5.75 Å². The summed E-state index contributed by atoms with van der Waals surface area (Å²) >= 11 is 1.69. The minimum absolute atomic E-state index is 0.0189. The van der Waals surface area contributed by atoms with Crippen LogP contribution < -0.4 is 11.1 Å². The Balaban J connectivity index is 1.38. The highest BCUT2D eigenvalue weighted by molar-refractivity contribution is 8.09. The third-order valence-electron chi connectivity index (χ3n) is 6.82. The number of thioether (sulfide) groups is 1.